The van der Waals surface area contributed by atoms with Crippen molar-refractivity contribution in [1.29, 1.82) is 5.26 Å². The Labute approximate surface area is 158 Å². The molecule has 0 amide bonds. The molecule has 1 saturated carbocycles. The Hall–Kier alpha value is -2.20. The van der Waals surface area contributed by atoms with E-state index in [-0.39, 0.29) is 5.25 Å². The van der Waals surface area contributed by atoms with E-state index >= 15 is 0 Å². The molecule has 1 aliphatic rings. The van der Waals surface area contributed by atoms with Crippen molar-refractivity contribution in [2.24, 2.45) is 0 Å². The van der Waals surface area contributed by atoms with Gasteiger partial charge >= 0.3 is 0 Å². The fourth-order valence-electron chi connectivity index (χ4n) is 3.38. The van der Waals surface area contributed by atoms with Gasteiger partial charge in [-0.2, -0.15) is 5.26 Å². The van der Waals surface area contributed by atoms with Crippen LogP contribution in [0, 0.1) is 11.3 Å². The molecule has 0 unspecified atom stereocenters. The molecule has 1 aromatic heterocycles. The van der Waals surface area contributed by atoms with Crippen molar-refractivity contribution in [3.63, 3.8) is 0 Å². The van der Waals surface area contributed by atoms with Crippen molar-refractivity contribution in [2.45, 2.75) is 55.5 Å². The average Bonchev–Trinajstić information content (AvgIpc) is 3.11. The van der Waals surface area contributed by atoms with Crippen LogP contribution in [-0.2, 0) is 0 Å². The fourth-order valence-corrected chi connectivity index (χ4v) is 4.19. The lowest BCUT2D eigenvalue weighted by molar-refractivity contribution is 0.339. The third-order valence-electron chi connectivity index (χ3n) is 4.71. The second-order valence-corrected chi connectivity index (χ2v) is 7.73. The second-order valence-electron chi connectivity index (χ2n) is 6.43. The third kappa shape index (κ3) is 3.80. The summed E-state index contributed by atoms with van der Waals surface area (Å²) in [6.45, 7) is 1.89. The molecule has 1 fully saturated rings. The van der Waals surface area contributed by atoms with Crippen LogP contribution in [0.3, 0.4) is 0 Å². The van der Waals surface area contributed by atoms with Gasteiger partial charge in [0, 0.05) is 11.6 Å². The van der Waals surface area contributed by atoms with Gasteiger partial charge in [-0.3, -0.25) is 4.57 Å². The minimum atomic E-state index is -0.167. The van der Waals surface area contributed by atoms with Gasteiger partial charge < -0.3 is 9.47 Å². The van der Waals surface area contributed by atoms with Gasteiger partial charge in [0.25, 0.3) is 0 Å². The van der Waals surface area contributed by atoms with Crippen LogP contribution in [0.1, 0.15) is 45.1 Å². The maximum atomic E-state index is 9.19. The molecule has 0 spiro atoms. The highest BCUT2D eigenvalue weighted by Crippen LogP contribution is 2.38. The Morgan fingerprint density at radius 3 is 2.54 bits per heavy atom. The van der Waals surface area contributed by atoms with Crippen molar-refractivity contribution >= 4 is 11.8 Å². The number of hydrogen-bond donors (Lipinski definition) is 0. The molecule has 0 bridgehead atoms. The van der Waals surface area contributed by atoms with Crippen LogP contribution in [0.15, 0.2) is 23.4 Å². The van der Waals surface area contributed by atoms with Crippen LogP contribution in [-0.4, -0.2) is 34.2 Å². The number of thioether (sulfide) groups is 1. The minimum absolute atomic E-state index is 0.167. The molecule has 3 rings (SSSR count). The number of nitriles is 1. The first kappa shape index (κ1) is 18.6. The van der Waals surface area contributed by atoms with Gasteiger partial charge in [0.2, 0.25) is 0 Å². The number of benzene rings is 1. The van der Waals surface area contributed by atoms with Crippen LogP contribution in [0.25, 0.3) is 11.4 Å². The predicted molar refractivity (Wildman–Crippen MR) is 102 cm³/mol. The van der Waals surface area contributed by atoms with Gasteiger partial charge in [-0.05, 0) is 38.0 Å². The van der Waals surface area contributed by atoms with Crippen molar-refractivity contribution in [3.8, 4) is 29.0 Å². The van der Waals surface area contributed by atoms with E-state index in [1.165, 1.54) is 31.0 Å². The first-order valence-electron chi connectivity index (χ1n) is 8.91. The molecule has 2 aromatic rings. The zero-order valence-electron chi connectivity index (χ0n) is 15.4. The summed E-state index contributed by atoms with van der Waals surface area (Å²) in [6.07, 6.45) is 5.94. The predicted octanol–water partition coefficient (Wildman–Crippen LogP) is 4.47. The molecule has 0 aliphatic heterocycles. The first-order valence-corrected chi connectivity index (χ1v) is 9.79. The molecule has 0 N–H and O–H groups in total. The summed E-state index contributed by atoms with van der Waals surface area (Å²) in [6, 6.07) is 8.44. The van der Waals surface area contributed by atoms with Crippen LogP contribution in [0.2, 0.25) is 0 Å². The number of methoxy groups -OCH3 is 2. The molecule has 0 saturated heterocycles. The summed E-state index contributed by atoms with van der Waals surface area (Å²) >= 11 is 1.47. The number of hydrogen-bond acceptors (Lipinski definition) is 6. The van der Waals surface area contributed by atoms with Crippen molar-refractivity contribution in [1.82, 2.24) is 14.8 Å². The Morgan fingerprint density at radius 2 is 1.88 bits per heavy atom. The van der Waals surface area contributed by atoms with E-state index in [0.717, 1.165) is 29.4 Å². The largest absolute Gasteiger partial charge is 0.493 e. The van der Waals surface area contributed by atoms with E-state index < -0.39 is 0 Å². The Balaban J connectivity index is 2.04. The molecular formula is C19H24N4O2S. The lowest BCUT2D eigenvalue weighted by atomic mass is 9.95. The Kier molecular flexibility index (Phi) is 6.04. The zero-order valence-corrected chi connectivity index (χ0v) is 16.3. The van der Waals surface area contributed by atoms with Crippen LogP contribution >= 0.6 is 11.8 Å². The molecule has 7 heteroatoms. The maximum absolute atomic E-state index is 9.19. The van der Waals surface area contributed by atoms with Gasteiger partial charge in [0.15, 0.2) is 22.5 Å². The summed E-state index contributed by atoms with van der Waals surface area (Å²) < 4.78 is 13.0. The van der Waals surface area contributed by atoms with E-state index in [1.54, 1.807) is 14.2 Å². The van der Waals surface area contributed by atoms with Gasteiger partial charge in [0.1, 0.15) is 0 Å². The van der Waals surface area contributed by atoms with Gasteiger partial charge in [-0.25, -0.2) is 0 Å². The molecule has 26 heavy (non-hydrogen) atoms. The van der Waals surface area contributed by atoms with Crippen molar-refractivity contribution < 1.29 is 9.47 Å². The molecule has 1 aromatic carbocycles. The SMILES string of the molecule is COc1ccc(-c2nnc(S[C@@H](C)C#N)n2C2CCCCC2)cc1OC. The van der Waals surface area contributed by atoms with Gasteiger partial charge in [-0.15, -0.1) is 10.2 Å². The molecule has 1 aliphatic carbocycles. The molecule has 1 atom stereocenters. The molecule has 0 radical (unpaired) electrons. The van der Waals surface area contributed by atoms with E-state index in [2.05, 4.69) is 20.8 Å². The van der Waals surface area contributed by atoms with Crippen LogP contribution < -0.4 is 9.47 Å². The molecular weight excluding hydrogens is 348 g/mol. The highest BCUT2D eigenvalue weighted by atomic mass is 32.2. The standard InChI is InChI=1S/C19H24N4O2S/c1-13(12-20)26-19-22-21-18(23(19)15-7-5-4-6-8-15)14-9-10-16(24-2)17(11-14)25-3/h9-11,13,15H,4-8H2,1-3H3/t13-/m0/s1. The van der Waals surface area contributed by atoms with E-state index in [0.29, 0.717) is 17.5 Å². The summed E-state index contributed by atoms with van der Waals surface area (Å²) in [7, 11) is 3.25. The van der Waals surface area contributed by atoms with E-state index in [9.17, 15) is 5.26 Å². The number of nitrogens with zero attached hydrogens (tertiary/aromatic N) is 4. The molecule has 138 valence electrons. The monoisotopic (exact) mass is 372 g/mol. The third-order valence-corrected chi connectivity index (χ3v) is 5.66. The van der Waals surface area contributed by atoms with Crippen molar-refractivity contribution in [2.75, 3.05) is 14.2 Å². The zero-order chi connectivity index (χ0) is 18.5. The minimum Gasteiger partial charge on any atom is -0.493 e. The topological polar surface area (TPSA) is 73.0 Å². The first-order chi connectivity index (χ1) is 12.7. The number of ether oxygens (including phenoxy) is 2. The van der Waals surface area contributed by atoms with E-state index in [4.69, 9.17) is 9.47 Å². The van der Waals surface area contributed by atoms with Crippen molar-refractivity contribution in [3.05, 3.63) is 18.2 Å². The summed E-state index contributed by atoms with van der Waals surface area (Å²) in [5.74, 6) is 2.18. The lowest BCUT2D eigenvalue weighted by Crippen LogP contribution is -2.15. The van der Waals surface area contributed by atoms with Gasteiger partial charge in [0.05, 0.1) is 25.5 Å². The van der Waals surface area contributed by atoms with Crippen LogP contribution in [0.4, 0.5) is 0 Å². The summed E-state index contributed by atoms with van der Waals surface area (Å²) in [5.41, 5.74) is 0.942. The highest BCUT2D eigenvalue weighted by Gasteiger charge is 2.25. The van der Waals surface area contributed by atoms with E-state index in [1.807, 2.05) is 25.1 Å². The summed E-state index contributed by atoms with van der Waals surface area (Å²) in [4.78, 5) is 0. The normalized spacial score (nSPS) is 16.1. The fraction of sp³-hybridized carbons (Fsp3) is 0.526. The molecule has 1 heterocycles. The molecule has 6 nitrogen and oxygen atoms in total. The average molecular weight is 372 g/mol. The van der Waals surface area contributed by atoms with Crippen LogP contribution in [0.5, 0.6) is 11.5 Å². The number of aromatic nitrogens is 3. The smallest absolute Gasteiger partial charge is 0.193 e. The Morgan fingerprint density at radius 1 is 1.15 bits per heavy atom. The van der Waals surface area contributed by atoms with Gasteiger partial charge in [-0.1, -0.05) is 31.0 Å². The maximum Gasteiger partial charge on any atom is 0.193 e. The Bertz CT molecular complexity index is 793. The highest BCUT2D eigenvalue weighted by molar-refractivity contribution is 8.00. The lowest BCUT2D eigenvalue weighted by Gasteiger charge is -2.26. The second kappa shape index (κ2) is 8.45. The number of rotatable bonds is 6. The summed E-state index contributed by atoms with van der Waals surface area (Å²) in [5, 5.41) is 18.7. The quantitative estimate of drug-likeness (QED) is 0.697.